The average Bonchev–Trinajstić information content (AvgIpc) is 2.74. The van der Waals surface area contributed by atoms with Gasteiger partial charge in [0.05, 0.1) is 6.10 Å². The van der Waals surface area contributed by atoms with Crippen LogP contribution in [0.25, 0.3) is 0 Å². The van der Waals surface area contributed by atoms with Gasteiger partial charge in [-0.25, -0.2) is 4.98 Å². The first kappa shape index (κ1) is 10.9. The van der Waals surface area contributed by atoms with Crippen molar-refractivity contribution in [2.45, 2.75) is 25.9 Å². The Morgan fingerprint density at radius 2 is 2.12 bits per heavy atom. The van der Waals surface area contributed by atoms with Gasteiger partial charge in [-0.1, -0.05) is 24.3 Å². The number of aromatic amines is 1. The maximum absolute atomic E-state index is 9.94. The molecule has 2 aromatic rings. The topological polar surface area (TPSA) is 48.9 Å². The van der Waals surface area contributed by atoms with E-state index in [4.69, 9.17) is 0 Å². The molecule has 0 bridgehead atoms. The summed E-state index contributed by atoms with van der Waals surface area (Å²) in [5.41, 5.74) is 2.42. The highest BCUT2D eigenvalue weighted by atomic mass is 16.3. The van der Waals surface area contributed by atoms with Crippen molar-refractivity contribution < 1.29 is 5.11 Å². The van der Waals surface area contributed by atoms with Gasteiger partial charge in [-0.2, -0.15) is 0 Å². The molecule has 0 fully saturated rings. The van der Waals surface area contributed by atoms with Crippen LogP contribution in [0, 0.1) is 6.92 Å². The molecule has 0 aliphatic carbocycles. The number of H-pyrrole nitrogens is 1. The fraction of sp³-hybridized carbons (Fsp3) is 0.308. The molecule has 1 aromatic heterocycles. The summed E-state index contributed by atoms with van der Waals surface area (Å²) in [6.45, 7) is 2.06. The third kappa shape index (κ3) is 2.70. The minimum atomic E-state index is -0.382. The van der Waals surface area contributed by atoms with Crippen LogP contribution in [0.1, 0.15) is 17.0 Å². The molecule has 0 saturated heterocycles. The van der Waals surface area contributed by atoms with Crippen molar-refractivity contribution in [1.82, 2.24) is 9.97 Å². The summed E-state index contributed by atoms with van der Waals surface area (Å²) in [6, 6.07) is 8.13. The molecule has 16 heavy (non-hydrogen) atoms. The number of imidazole rings is 1. The molecule has 84 valence electrons. The molecule has 0 amide bonds. The summed E-state index contributed by atoms with van der Waals surface area (Å²) in [6.07, 6.45) is 4.34. The quantitative estimate of drug-likeness (QED) is 0.819. The number of nitrogens with zero attached hydrogens (tertiary/aromatic N) is 1. The molecule has 0 spiro atoms. The fourth-order valence-corrected chi connectivity index (χ4v) is 1.80. The Morgan fingerprint density at radius 3 is 2.81 bits per heavy atom. The van der Waals surface area contributed by atoms with Gasteiger partial charge in [0, 0.05) is 18.8 Å². The van der Waals surface area contributed by atoms with Crippen LogP contribution >= 0.6 is 0 Å². The predicted octanol–water partition coefficient (Wildman–Crippen LogP) is 1.86. The first-order valence-corrected chi connectivity index (χ1v) is 5.46. The molecule has 1 heterocycles. The molecule has 2 N–H and O–H groups in total. The molecule has 3 nitrogen and oxygen atoms in total. The van der Waals surface area contributed by atoms with Crippen molar-refractivity contribution in [2.24, 2.45) is 0 Å². The second-order valence-corrected chi connectivity index (χ2v) is 4.02. The van der Waals surface area contributed by atoms with Crippen LogP contribution in [-0.4, -0.2) is 21.2 Å². The van der Waals surface area contributed by atoms with E-state index >= 15 is 0 Å². The number of aliphatic hydroxyl groups is 1. The van der Waals surface area contributed by atoms with E-state index < -0.39 is 0 Å². The first-order chi connectivity index (χ1) is 7.75. The lowest BCUT2D eigenvalue weighted by Gasteiger charge is -2.10. The van der Waals surface area contributed by atoms with E-state index in [-0.39, 0.29) is 6.10 Å². The highest BCUT2D eigenvalue weighted by molar-refractivity contribution is 5.26. The van der Waals surface area contributed by atoms with Gasteiger partial charge in [-0.3, -0.25) is 0 Å². The van der Waals surface area contributed by atoms with Gasteiger partial charge in [0.25, 0.3) is 0 Å². The van der Waals surface area contributed by atoms with E-state index in [0.29, 0.717) is 12.8 Å². The zero-order valence-corrected chi connectivity index (χ0v) is 9.35. The van der Waals surface area contributed by atoms with Crippen LogP contribution < -0.4 is 0 Å². The van der Waals surface area contributed by atoms with Crippen LogP contribution in [0.4, 0.5) is 0 Å². The summed E-state index contributed by atoms with van der Waals surface area (Å²) >= 11 is 0. The molecular formula is C13H16N2O. The van der Waals surface area contributed by atoms with Crippen molar-refractivity contribution in [3.8, 4) is 0 Å². The van der Waals surface area contributed by atoms with Crippen molar-refractivity contribution in [3.63, 3.8) is 0 Å². The number of nitrogens with one attached hydrogen (secondary N) is 1. The van der Waals surface area contributed by atoms with Gasteiger partial charge in [-0.05, 0) is 24.5 Å². The highest BCUT2D eigenvalue weighted by Gasteiger charge is 2.09. The van der Waals surface area contributed by atoms with Crippen LogP contribution in [0.15, 0.2) is 36.7 Å². The number of hydrogen-bond donors (Lipinski definition) is 2. The van der Waals surface area contributed by atoms with Gasteiger partial charge in [0.1, 0.15) is 5.82 Å². The lowest BCUT2D eigenvalue weighted by atomic mass is 10.0. The third-order valence-electron chi connectivity index (χ3n) is 2.70. The van der Waals surface area contributed by atoms with Crippen LogP contribution in [0.3, 0.4) is 0 Å². The summed E-state index contributed by atoms with van der Waals surface area (Å²) in [4.78, 5) is 7.10. The lowest BCUT2D eigenvalue weighted by Crippen LogP contribution is -2.15. The van der Waals surface area contributed by atoms with Crippen molar-refractivity contribution in [1.29, 1.82) is 0 Å². The second kappa shape index (κ2) is 4.94. The zero-order valence-electron chi connectivity index (χ0n) is 9.35. The van der Waals surface area contributed by atoms with Gasteiger partial charge in [0.2, 0.25) is 0 Å². The zero-order chi connectivity index (χ0) is 11.4. The van der Waals surface area contributed by atoms with Crippen molar-refractivity contribution in [2.75, 3.05) is 0 Å². The van der Waals surface area contributed by atoms with Crippen LogP contribution in [-0.2, 0) is 12.8 Å². The van der Waals surface area contributed by atoms with Gasteiger partial charge < -0.3 is 10.1 Å². The smallest absolute Gasteiger partial charge is 0.108 e. The second-order valence-electron chi connectivity index (χ2n) is 4.02. The normalized spacial score (nSPS) is 12.6. The predicted molar refractivity (Wildman–Crippen MR) is 63.2 cm³/mol. The van der Waals surface area contributed by atoms with E-state index in [2.05, 4.69) is 29.0 Å². The van der Waals surface area contributed by atoms with E-state index in [1.54, 1.807) is 12.4 Å². The minimum Gasteiger partial charge on any atom is -0.392 e. The number of aliphatic hydroxyl groups excluding tert-OH is 1. The molecule has 2 rings (SSSR count). The number of aryl methyl sites for hydroxylation is 1. The Balaban J connectivity index is 1.97. The lowest BCUT2D eigenvalue weighted by molar-refractivity contribution is 0.173. The Bertz CT molecular complexity index is 437. The molecule has 1 unspecified atom stereocenters. The molecule has 0 saturated carbocycles. The van der Waals surface area contributed by atoms with E-state index in [1.807, 2.05) is 12.1 Å². The molecule has 0 aliphatic heterocycles. The van der Waals surface area contributed by atoms with Crippen LogP contribution in [0.5, 0.6) is 0 Å². The van der Waals surface area contributed by atoms with Crippen molar-refractivity contribution >= 4 is 0 Å². The number of rotatable bonds is 4. The van der Waals surface area contributed by atoms with Crippen LogP contribution in [0.2, 0.25) is 0 Å². The summed E-state index contributed by atoms with van der Waals surface area (Å²) in [5, 5.41) is 9.94. The van der Waals surface area contributed by atoms with E-state index in [1.165, 1.54) is 11.1 Å². The fourth-order valence-electron chi connectivity index (χ4n) is 1.80. The summed E-state index contributed by atoms with van der Waals surface area (Å²) in [7, 11) is 0. The summed E-state index contributed by atoms with van der Waals surface area (Å²) < 4.78 is 0. The maximum Gasteiger partial charge on any atom is 0.108 e. The Morgan fingerprint density at radius 1 is 1.31 bits per heavy atom. The summed E-state index contributed by atoms with van der Waals surface area (Å²) in [5.74, 6) is 0.834. The molecule has 1 atom stereocenters. The number of benzene rings is 1. The Labute approximate surface area is 95.2 Å². The standard InChI is InChI=1S/C13H16N2O/c1-10-4-2-3-5-11(10)8-12(16)9-13-14-6-7-15-13/h2-7,12,16H,8-9H2,1H3,(H,14,15). The monoisotopic (exact) mass is 216 g/mol. The molecule has 3 heteroatoms. The van der Waals surface area contributed by atoms with E-state index in [9.17, 15) is 5.11 Å². The average molecular weight is 216 g/mol. The van der Waals surface area contributed by atoms with E-state index in [0.717, 1.165) is 5.82 Å². The first-order valence-electron chi connectivity index (χ1n) is 5.46. The SMILES string of the molecule is Cc1ccccc1CC(O)Cc1ncc[nH]1. The molecule has 0 radical (unpaired) electrons. The molecular weight excluding hydrogens is 200 g/mol. The maximum atomic E-state index is 9.94. The Kier molecular flexibility index (Phi) is 3.37. The molecule has 1 aromatic carbocycles. The van der Waals surface area contributed by atoms with Gasteiger partial charge in [-0.15, -0.1) is 0 Å². The third-order valence-corrected chi connectivity index (χ3v) is 2.70. The number of hydrogen-bond acceptors (Lipinski definition) is 2. The minimum absolute atomic E-state index is 0.382. The number of aromatic nitrogens is 2. The van der Waals surface area contributed by atoms with Gasteiger partial charge >= 0.3 is 0 Å². The Hall–Kier alpha value is -1.61. The van der Waals surface area contributed by atoms with Crippen molar-refractivity contribution in [3.05, 3.63) is 53.6 Å². The largest absolute Gasteiger partial charge is 0.392 e. The van der Waals surface area contributed by atoms with Gasteiger partial charge in [0.15, 0.2) is 0 Å². The highest BCUT2D eigenvalue weighted by Crippen LogP contribution is 2.11. The molecule has 0 aliphatic rings.